The molecule has 0 saturated carbocycles. The Morgan fingerprint density at radius 1 is 1.21 bits per heavy atom. The van der Waals surface area contributed by atoms with E-state index in [4.69, 9.17) is 23.2 Å². The number of hydrogen-bond donors (Lipinski definition) is 2. The second-order valence-corrected chi connectivity index (χ2v) is 8.08. The highest BCUT2D eigenvalue weighted by Gasteiger charge is 2.18. The van der Waals surface area contributed by atoms with Gasteiger partial charge in [-0.25, -0.2) is 4.98 Å². The second kappa shape index (κ2) is 10.1. The summed E-state index contributed by atoms with van der Waals surface area (Å²) < 4.78 is 0. The third-order valence-electron chi connectivity index (χ3n) is 5.12. The van der Waals surface area contributed by atoms with E-state index in [2.05, 4.69) is 43.5 Å². The smallest absolute Gasteiger partial charge is 0.191 e. The summed E-state index contributed by atoms with van der Waals surface area (Å²) in [6.45, 7) is 6.75. The molecule has 1 atom stereocenters. The van der Waals surface area contributed by atoms with E-state index in [9.17, 15) is 0 Å². The van der Waals surface area contributed by atoms with E-state index >= 15 is 0 Å². The van der Waals surface area contributed by atoms with Gasteiger partial charge in [0, 0.05) is 61.6 Å². The maximum atomic E-state index is 6.34. The van der Waals surface area contributed by atoms with Crippen LogP contribution in [-0.2, 0) is 6.54 Å². The zero-order valence-electron chi connectivity index (χ0n) is 17.1. The molecule has 6 nitrogen and oxygen atoms in total. The zero-order valence-corrected chi connectivity index (χ0v) is 18.6. The number of piperazine rings is 1. The number of likely N-dealkylation sites (N-methyl/N-ethyl adjacent to an activating group) is 1. The van der Waals surface area contributed by atoms with E-state index < -0.39 is 0 Å². The van der Waals surface area contributed by atoms with Gasteiger partial charge in [-0.2, -0.15) is 0 Å². The number of rotatable bonds is 5. The number of aliphatic imine (C=N–C) groups is 1. The Kier molecular flexibility index (Phi) is 7.58. The SMILES string of the molecule is CN=C(NCc1cccnc1N1CCN(C)CC1)NC(C)c1ccc(Cl)cc1Cl. The van der Waals surface area contributed by atoms with Crippen molar-refractivity contribution in [3.05, 3.63) is 57.7 Å². The maximum Gasteiger partial charge on any atom is 0.191 e. The summed E-state index contributed by atoms with van der Waals surface area (Å²) >= 11 is 12.3. The van der Waals surface area contributed by atoms with Crippen molar-refractivity contribution in [2.45, 2.75) is 19.5 Å². The predicted octanol–water partition coefficient (Wildman–Crippen LogP) is 3.57. The van der Waals surface area contributed by atoms with E-state index in [0.717, 1.165) is 43.1 Å². The van der Waals surface area contributed by atoms with Crippen molar-refractivity contribution in [1.29, 1.82) is 0 Å². The van der Waals surface area contributed by atoms with Crippen molar-refractivity contribution < 1.29 is 0 Å². The Morgan fingerprint density at radius 3 is 2.66 bits per heavy atom. The fraction of sp³-hybridized carbons (Fsp3) is 0.429. The average Bonchev–Trinajstić information content (AvgIpc) is 2.71. The highest BCUT2D eigenvalue weighted by atomic mass is 35.5. The van der Waals surface area contributed by atoms with Gasteiger partial charge < -0.3 is 20.4 Å². The van der Waals surface area contributed by atoms with Crippen molar-refractivity contribution in [1.82, 2.24) is 20.5 Å². The monoisotopic (exact) mass is 434 g/mol. The summed E-state index contributed by atoms with van der Waals surface area (Å²) in [5, 5.41) is 8.05. The molecule has 1 saturated heterocycles. The molecule has 1 fully saturated rings. The molecular formula is C21H28Cl2N6. The van der Waals surface area contributed by atoms with E-state index in [0.29, 0.717) is 22.5 Å². The molecule has 2 aromatic rings. The molecule has 1 aliphatic heterocycles. The first kappa shape index (κ1) is 21.7. The van der Waals surface area contributed by atoms with Crippen LogP contribution in [0.2, 0.25) is 10.0 Å². The Hall–Kier alpha value is -2.02. The van der Waals surface area contributed by atoms with Crippen LogP contribution < -0.4 is 15.5 Å². The first-order valence-corrected chi connectivity index (χ1v) is 10.5. The van der Waals surface area contributed by atoms with Gasteiger partial charge >= 0.3 is 0 Å². The number of nitrogens with one attached hydrogen (secondary N) is 2. The Bertz CT molecular complexity index is 849. The molecule has 2 heterocycles. The van der Waals surface area contributed by atoms with E-state index in [-0.39, 0.29) is 6.04 Å². The topological polar surface area (TPSA) is 55.8 Å². The van der Waals surface area contributed by atoms with Crippen molar-refractivity contribution >= 4 is 35.0 Å². The van der Waals surface area contributed by atoms with Crippen molar-refractivity contribution in [3.8, 4) is 0 Å². The van der Waals surface area contributed by atoms with Crippen LogP contribution in [0.15, 0.2) is 41.5 Å². The maximum absolute atomic E-state index is 6.34. The standard InChI is InChI=1S/C21H28Cl2N6/c1-15(18-7-6-17(22)13-19(18)23)27-21(24-2)26-14-16-5-4-8-25-20(16)29-11-9-28(3)10-12-29/h4-8,13,15H,9-12,14H2,1-3H3,(H2,24,26,27). The first-order valence-electron chi connectivity index (χ1n) is 9.77. The lowest BCUT2D eigenvalue weighted by Gasteiger charge is -2.34. The summed E-state index contributed by atoms with van der Waals surface area (Å²) in [5.41, 5.74) is 2.12. The quantitative estimate of drug-likeness (QED) is 0.556. The van der Waals surface area contributed by atoms with Gasteiger partial charge in [0.1, 0.15) is 5.82 Å². The number of nitrogens with zero attached hydrogens (tertiary/aromatic N) is 4. The average molecular weight is 435 g/mol. The molecule has 156 valence electrons. The second-order valence-electron chi connectivity index (χ2n) is 7.23. The minimum atomic E-state index is -0.0167. The zero-order chi connectivity index (χ0) is 20.8. The number of aromatic nitrogens is 1. The lowest BCUT2D eigenvalue weighted by atomic mass is 10.1. The molecular weight excluding hydrogens is 407 g/mol. The highest BCUT2D eigenvalue weighted by Crippen LogP contribution is 2.26. The van der Waals surface area contributed by atoms with E-state index in [1.165, 1.54) is 0 Å². The fourth-order valence-electron chi connectivity index (χ4n) is 3.38. The minimum absolute atomic E-state index is 0.0167. The fourth-order valence-corrected chi connectivity index (χ4v) is 3.95. The Balaban J connectivity index is 1.64. The molecule has 0 bridgehead atoms. The molecule has 3 rings (SSSR count). The molecule has 0 spiro atoms. The Morgan fingerprint density at radius 2 is 1.97 bits per heavy atom. The third-order valence-corrected chi connectivity index (χ3v) is 5.68. The molecule has 1 aromatic heterocycles. The van der Waals surface area contributed by atoms with Gasteiger partial charge in [-0.1, -0.05) is 35.3 Å². The molecule has 1 aliphatic rings. The van der Waals surface area contributed by atoms with Crippen molar-refractivity contribution in [3.63, 3.8) is 0 Å². The number of halogens is 2. The number of benzene rings is 1. The number of guanidine groups is 1. The van der Waals surface area contributed by atoms with E-state index in [1.807, 2.05) is 31.3 Å². The largest absolute Gasteiger partial charge is 0.354 e. The first-order chi connectivity index (χ1) is 14.0. The van der Waals surface area contributed by atoms with E-state index in [1.54, 1.807) is 13.1 Å². The Labute approximate surface area is 182 Å². The summed E-state index contributed by atoms with van der Waals surface area (Å²) in [6, 6.07) is 9.60. The molecule has 0 radical (unpaired) electrons. The van der Waals surface area contributed by atoms with Crippen LogP contribution in [0.3, 0.4) is 0 Å². The van der Waals surface area contributed by atoms with Crippen LogP contribution in [-0.4, -0.2) is 56.1 Å². The molecule has 1 aromatic carbocycles. The number of hydrogen-bond acceptors (Lipinski definition) is 4. The van der Waals surface area contributed by atoms with Crippen LogP contribution in [0.4, 0.5) is 5.82 Å². The number of anilines is 1. The molecule has 29 heavy (non-hydrogen) atoms. The molecule has 0 aliphatic carbocycles. The normalized spacial score (nSPS) is 16.6. The highest BCUT2D eigenvalue weighted by molar-refractivity contribution is 6.35. The van der Waals surface area contributed by atoms with Crippen LogP contribution in [0.25, 0.3) is 0 Å². The van der Waals surface area contributed by atoms with Gasteiger partial charge in [-0.05, 0) is 37.7 Å². The molecule has 8 heteroatoms. The van der Waals surface area contributed by atoms with Crippen molar-refractivity contribution in [2.75, 3.05) is 45.2 Å². The van der Waals surface area contributed by atoms with Crippen LogP contribution in [0.1, 0.15) is 24.1 Å². The third kappa shape index (κ3) is 5.75. The molecule has 2 N–H and O–H groups in total. The van der Waals surface area contributed by atoms with Crippen LogP contribution in [0, 0.1) is 0 Å². The van der Waals surface area contributed by atoms with Gasteiger partial charge in [0.2, 0.25) is 0 Å². The molecule has 1 unspecified atom stereocenters. The lowest BCUT2D eigenvalue weighted by molar-refractivity contribution is 0.312. The predicted molar refractivity (Wildman–Crippen MR) is 122 cm³/mol. The summed E-state index contributed by atoms with van der Waals surface area (Å²) in [6.07, 6.45) is 1.86. The lowest BCUT2D eigenvalue weighted by Crippen LogP contribution is -2.45. The van der Waals surface area contributed by atoms with Gasteiger partial charge in [-0.15, -0.1) is 0 Å². The summed E-state index contributed by atoms with van der Waals surface area (Å²) in [5.74, 6) is 1.74. The van der Waals surface area contributed by atoms with Gasteiger partial charge in [0.15, 0.2) is 5.96 Å². The minimum Gasteiger partial charge on any atom is -0.354 e. The molecule has 0 amide bonds. The van der Waals surface area contributed by atoms with Crippen molar-refractivity contribution in [2.24, 2.45) is 4.99 Å². The van der Waals surface area contributed by atoms with Crippen LogP contribution >= 0.6 is 23.2 Å². The van der Waals surface area contributed by atoms with Gasteiger partial charge in [0.25, 0.3) is 0 Å². The summed E-state index contributed by atoms with van der Waals surface area (Å²) in [4.78, 5) is 13.7. The van der Waals surface area contributed by atoms with Crippen LogP contribution in [0.5, 0.6) is 0 Å². The number of pyridine rings is 1. The van der Waals surface area contributed by atoms with Gasteiger partial charge in [0.05, 0.1) is 6.04 Å². The van der Waals surface area contributed by atoms with Gasteiger partial charge in [-0.3, -0.25) is 4.99 Å². The summed E-state index contributed by atoms with van der Waals surface area (Å²) in [7, 11) is 3.91.